The summed E-state index contributed by atoms with van der Waals surface area (Å²) < 4.78 is 13.8. The average molecular weight is 439 g/mol. The predicted octanol–water partition coefficient (Wildman–Crippen LogP) is 3.97. The minimum Gasteiger partial charge on any atom is -0.353 e. The van der Waals surface area contributed by atoms with Crippen molar-refractivity contribution in [3.8, 4) is 0 Å². The first-order chi connectivity index (χ1) is 11.2. The normalized spacial score (nSPS) is 19.4. The lowest BCUT2D eigenvalue weighted by molar-refractivity contribution is 0.607. The molecule has 2 aromatic carbocycles. The molecule has 0 spiro atoms. The number of aryl methyl sites for hydroxylation is 1. The van der Waals surface area contributed by atoms with Gasteiger partial charge in [-0.1, -0.05) is 42.5 Å². The van der Waals surface area contributed by atoms with E-state index >= 15 is 0 Å². The van der Waals surface area contributed by atoms with Crippen molar-refractivity contribution in [3.63, 3.8) is 0 Å². The van der Waals surface area contributed by atoms with Gasteiger partial charge in [-0.25, -0.2) is 4.39 Å². The molecule has 0 aliphatic heterocycles. The fourth-order valence-corrected chi connectivity index (χ4v) is 2.83. The zero-order chi connectivity index (χ0) is 16.2. The van der Waals surface area contributed by atoms with Gasteiger partial charge in [-0.2, -0.15) is 0 Å². The van der Waals surface area contributed by atoms with Crippen LogP contribution in [0.1, 0.15) is 29.0 Å². The first-order valence-electron chi connectivity index (χ1n) is 7.95. The fourth-order valence-electron chi connectivity index (χ4n) is 2.83. The highest BCUT2D eigenvalue weighted by Crippen LogP contribution is 2.41. The first kappa shape index (κ1) is 18.7. The maximum Gasteiger partial charge on any atom is 0.191 e. The van der Waals surface area contributed by atoms with Gasteiger partial charge in [-0.15, -0.1) is 24.0 Å². The second-order valence-electron chi connectivity index (χ2n) is 5.97. The topological polar surface area (TPSA) is 36.4 Å². The first-order valence-corrected chi connectivity index (χ1v) is 7.95. The van der Waals surface area contributed by atoms with Crippen molar-refractivity contribution in [2.45, 2.75) is 31.8 Å². The summed E-state index contributed by atoms with van der Waals surface area (Å²) in [4.78, 5) is 4.26. The number of rotatable bonds is 4. The highest BCUT2D eigenvalue weighted by molar-refractivity contribution is 14.0. The van der Waals surface area contributed by atoms with Crippen molar-refractivity contribution in [2.24, 2.45) is 4.99 Å². The molecule has 5 heteroatoms. The predicted molar refractivity (Wildman–Crippen MR) is 107 cm³/mol. The van der Waals surface area contributed by atoms with E-state index in [9.17, 15) is 4.39 Å². The van der Waals surface area contributed by atoms with Gasteiger partial charge in [0.15, 0.2) is 5.96 Å². The summed E-state index contributed by atoms with van der Waals surface area (Å²) >= 11 is 0. The van der Waals surface area contributed by atoms with Crippen molar-refractivity contribution in [2.75, 3.05) is 7.05 Å². The van der Waals surface area contributed by atoms with Gasteiger partial charge in [0.1, 0.15) is 5.82 Å². The van der Waals surface area contributed by atoms with Crippen LogP contribution in [-0.2, 0) is 6.54 Å². The van der Waals surface area contributed by atoms with Crippen LogP contribution < -0.4 is 10.6 Å². The summed E-state index contributed by atoms with van der Waals surface area (Å²) in [6, 6.07) is 15.5. The molecule has 1 fully saturated rings. The van der Waals surface area contributed by atoms with Crippen molar-refractivity contribution in [1.82, 2.24) is 10.6 Å². The van der Waals surface area contributed by atoms with Gasteiger partial charge >= 0.3 is 0 Å². The molecule has 2 N–H and O–H groups in total. The molecule has 1 aliphatic rings. The Balaban J connectivity index is 0.00000208. The van der Waals surface area contributed by atoms with Crippen LogP contribution in [0.5, 0.6) is 0 Å². The number of aliphatic imine (C=N–C) groups is 1. The van der Waals surface area contributed by atoms with Gasteiger partial charge in [-0.05, 0) is 36.1 Å². The summed E-state index contributed by atoms with van der Waals surface area (Å²) in [5, 5.41) is 6.71. The van der Waals surface area contributed by atoms with E-state index in [2.05, 4.69) is 34.7 Å². The molecule has 1 saturated carbocycles. The molecular weight excluding hydrogens is 416 g/mol. The van der Waals surface area contributed by atoms with E-state index in [4.69, 9.17) is 0 Å². The number of nitrogens with zero attached hydrogens (tertiary/aromatic N) is 1. The molecule has 24 heavy (non-hydrogen) atoms. The van der Waals surface area contributed by atoms with Crippen molar-refractivity contribution >= 4 is 29.9 Å². The Hall–Kier alpha value is -1.63. The highest BCUT2D eigenvalue weighted by atomic mass is 127. The summed E-state index contributed by atoms with van der Waals surface area (Å²) in [6.07, 6.45) is 0.937. The van der Waals surface area contributed by atoms with E-state index in [0.717, 1.165) is 24.5 Å². The lowest BCUT2D eigenvalue weighted by atomic mass is 10.1. The van der Waals surface area contributed by atoms with Gasteiger partial charge < -0.3 is 10.6 Å². The molecule has 0 radical (unpaired) electrons. The molecular formula is C19H23FIN3. The maximum absolute atomic E-state index is 13.8. The Morgan fingerprint density at radius 3 is 2.58 bits per heavy atom. The van der Waals surface area contributed by atoms with Crippen LogP contribution in [0, 0.1) is 12.7 Å². The number of benzene rings is 2. The number of guanidine groups is 1. The molecule has 2 aromatic rings. The van der Waals surface area contributed by atoms with Crippen LogP contribution in [-0.4, -0.2) is 19.0 Å². The monoisotopic (exact) mass is 439 g/mol. The summed E-state index contributed by atoms with van der Waals surface area (Å²) in [5.74, 6) is 0.870. The van der Waals surface area contributed by atoms with Gasteiger partial charge in [0.25, 0.3) is 0 Å². The van der Waals surface area contributed by atoms with Gasteiger partial charge in [0.2, 0.25) is 0 Å². The van der Waals surface area contributed by atoms with Crippen LogP contribution in [0.15, 0.2) is 53.5 Å². The molecule has 0 aromatic heterocycles. The van der Waals surface area contributed by atoms with Crippen LogP contribution in [0.4, 0.5) is 4.39 Å². The minimum absolute atomic E-state index is 0. The SMILES string of the molecule is CN=C(NCc1ccccc1C)NC1CC1c1ccccc1F.I. The van der Waals surface area contributed by atoms with E-state index in [1.807, 2.05) is 24.3 Å². The third kappa shape index (κ3) is 4.47. The van der Waals surface area contributed by atoms with E-state index in [-0.39, 0.29) is 41.8 Å². The van der Waals surface area contributed by atoms with E-state index in [1.165, 1.54) is 17.2 Å². The molecule has 0 saturated heterocycles. The Kier molecular flexibility index (Phi) is 6.60. The number of nitrogens with one attached hydrogen (secondary N) is 2. The van der Waals surface area contributed by atoms with Crippen LogP contribution in [0.2, 0.25) is 0 Å². The maximum atomic E-state index is 13.8. The molecule has 3 nitrogen and oxygen atoms in total. The number of hydrogen-bond acceptors (Lipinski definition) is 1. The Morgan fingerprint density at radius 1 is 1.17 bits per heavy atom. The van der Waals surface area contributed by atoms with Gasteiger partial charge in [0.05, 0.1) is 0 Å². The van der Waals surface area contributed by atoms with Gasteiger partial charge in [0, 0.05) is 25.6 Å². The van der Waals surface area contributed by atoms with Gasteiger partial charge in [-0.3, -0.25) is 4.99 Å². The molecule has 0 amide bonds. The summed E-state index contributed by atoms with van der Waals surface area (Å²) in [7, 11) is 1.76. The highest BCUT2D eigenvalue weighted by Gasteiger charge is 2.40. The third-order valence-corrected chi connectivity index (χ3v) is 4.35. The average Bonchev–Trinajstić information content (AvgIpc) is 3.32. The number of halogens is 2. The molecule has 128 valence electrons. The Bertz CT molecular complexity index is 717. The van der Waals surface area contributed by atoms with Crippen molar-refractivity contribution in [1.29, 1.82) is 0 Å². The van der Waals surface area contributed by atoms with E-state index in [0.29, 0.717) is 0 Å². The molecule has 2 atom stereocenters. The lowest BCUT2D eigenvalue weighted by Crippen LogP contribution is -2.38. The molecule has 0 bridgehead atoms. The summed E-state index contributed by atoms with van der Waals surface area (Å²) in [5.41, 5.74) is 3.29. The van der Waals surface area contributed by atoms with Crippen molar-refractivity contribution < 1.29 is 4.39 Å². The van der Waals surface area contributed by atoms with Crippen LogP contribution >= 0.6 is 24.0 Å². The van der Waals surface area contributed by atoms with Crippen LogP contribution in [0.25, 0.3) is 0 Å². The fraction of sp³-hybridized carbons (Fsp3) is 0.316. The number of hydrogen-bond donors (Lipinski definition) is 2. The second-order valence-corrected chi connectivity index (χ2v) is 5.97. The zero-order valence-corrected chi connectivity index (χ0v) is 16.3. The molecule has 0 heterocycles. The smallest absolute Gasteiger partial charge is 0.191 e. The molecule has 3 rings (SSSR count). The minimum atomic E-state index is -0.121. The Morgan fingerprint density at radius 2 is 1.88 bits per heavy atom. The van der Waals surface area contributed by atoms with Crippen LogP contribution in [0.3, 0.4) is 0 Å². The molecule has 2 unspecified atom stereocenters. The van der Waals surface area contributed by atoms with E-state index < -0.39 is 0 Å². The second kappa shape index (κ2) is 8.46. The van der Waals surface area contributed by atoms with E-state index in [1.54, 1.807) is 13.1 Å². The largest absolute Gasteiger partial charge is 0.353 e. The molecule has 1 aliphatic carbocycles. The summed E-state index contributed by atoms with van der Waals surface area (Å²) in [6.45, 7) is 2.83. The zero-order valence-electron chi connectivity index (χ0n) is 13.9. The third-order valence-electron chi connectivity index (χ3n) is 4.35. The van der Waals surface area contributed by atoms with Crippen molar-refractivity contribution in [3.05, 3.63) is 71.0 Å². The Labute approximate surface area is 159 Å². The quantitative estimate of drug-likeness (QED) is 0.430. The lowest BCUT2D eigenvalue weighted by Gasteiger charge is -2.13. The standard InChI is InChI=1S/C19H22FN3.HI/c1-13-7-3-4-8-14(13)12-22-19(21-2)23-18-11-16(18)15-9-5-6-10-17(15)20;/h3-10,16,18H,11-12H2,1-2H3,(H2,21,22,23);1H.